The Morgan fingerprint density at radius 3 is 2.85 bits per heavy atom. The molecule has 0 fully saturated rings. The summed E-state index contributed by atoms with van der Waals surface area (Å²) < 4.78 is 0. The molecule has 101 valence electrons. The number of hydrogen-bond acceptors (Lipinski definition) is 3. The van der Waals surface area contributed by atoms with E-state index in [1.165, 1.54) is 6.42 Å². The Morgan fingerprint density at radius 1 is 1.40 bits per heavy atom. The summed E-state index contributed by atoms with van der Waals surface area (Å²) in [6, 6.07) is 7.72. The lowest BCUT2D eigenvalue weighted by Crippen LogP contribution is -2.35. The van der Waals surface area contributed by atoms with Crippen molar-refractivity contribution < 1.29 is 9.59 Å². The molecular formula is C14H13N4O2. The van der Waals surface area contributed by atoms with Gasteiger partial charge in [0.05, 0.1) is 6.42 Å². The van der Waals surface area contributed by atoms with E-state index in [-0.39, 0.29) is 0 Å². The zero-order valence-electron chi connectivity index (χ0n) is 10.7. The topological polar surface area (TPSA) is 103 Å². The van der Waals surface area contributed by atoms with Gasteiger partial charge in [0.2, 0.25) is 11.8 Å². The van der Waals surface area contributed by atoms with Gasteiger partial charge in [0.1, 0.15) is 6.54 Å². The normalized spacial score (nSPS) is 10.2. The summed E-state index contributed by atoms with van der Waals surface area (Å²) in [7, 11) is 0. The smallest absolute Gasteiger partial charge is 0.240 e. The van der Waals surface area contributed by atoms with Gasteiger partial charge in [0.25, 0.3) is 0 Å². The van der Waals surface area contributed by atoms with Gasteiger partial charge in [-0.25, -0.2) is 4.90 Å². The first kappa shape index (κ1) is 13.6. The van der Waals surface area contributed by atoms with Crippen LogP contribution >= 0.6 is 0 Å². The van der Waals surface area contributed by atoms with Gasteiger partial charge in [0, 0.05) is 17.1 Å². The minimum atomic E-state index is -0.722. The van der Waals surface area contributed by atoms with E-state index in [0.717, 1.165) is 21.4 Å². The molecule has 0 atom stereocenters. The molecule has 1 radical (unpaired) electrons. The number of rotatable bonds is 5. The van der Waals surface area contributed by atoms with Gasteiger partial charge in [0.15, 0.2) is 6.19 Å². The number of nitrogens with two attached hydrogens (primary N) is 1. The molecule has 1 aromatic heterocycles. The maximum Gasteiger partial charge on any atom is 0.240 e. The first-order valence-corrected chi connectivity index (χ1v) is 5.99. The highest BCUT2D eigenvalue weighted by Gasteiger charge is 2.16. The molecular weight excluding hydrogens is 256 g/mol. The number of hydrogen-bond donors (Lipinski definition) is 2. The monoisotopic (exact) mass is 269 g/mol. The number of fused-ring (bicyclic) bond motifs is 1. The minimum Gasteiger partial charge on any atom is -0.368 e. The Labute approximate surface area is 115 Å². The van der Waals surface area contributed by atoms with E-state index in [4.69, 9.17) is 11.0 Å². The number of aromatic amines is 1. The van der Waals surface area contributed by atoms with Gasteiger partial charge in [-0.3, -0.25) is 9.59 Å². The van der Waals surface area contributed by atoms with Crippen LogP contribution in [0.1, 0.15) is 5.56 Å². The predicted molar refractivity (Wildman–Crippen MR) is 72.8 cm³/mol. The third-order valence-corrected chi connectivity index (χ3v) is 2.87. The Balaban J connectivity index is 2.03. The summed E-state index contributed by atoms with van der Waals surface area (Å²) in [5, 5.41) is 9.82. The lowest BCUT2D eigenvalue weighted by molar-refractivity contribution is -0.129. The number of carbonyl (C=O) groups excluding carboxylic acids is 2. The molecule has 0 unspecified atom stereocenters. The summed E-state index contributed by atoms with van der Waals surface area (Å²) >= 11 is 0. The number of nitriles is 1. The van der Waals surface area contributed by atoms with Gasteiger partial charge in [-0.05, 0) is 18.1 Å². The molecule has 2 amide bonds. The molecule has 1 aromatic carbocycles. The average Bonchev–Trinajstić information content (AvgIpc) is 2.85. The molecule has 2 rings (SSSR count). The maximum atomic E-state index is 11.8. The van der Waals surface area contributed by atoms with E-state index in [1.807, 2.05) is 30.5 Å². The van der Waals surface area contributed by atoms with Gasteiger partial charge in [-0.15, -0.1) is 0 Å². The van der Waals surface area contributed by atoms with Crippen molar-refractivity contribution in [2.24, 2.45) is 5.73 Å². The maximum absolute atomic E-state index is 11.8. The van der Waals surface area contributed by atoms with Crippen molar-refractivity contribution >= 4 is 22.7 Å². The molecule has 2 aromatic rings. The van der Waals surface area contributed by atoms with E-state index in [9.17, 15) is 9.59 Å². The van der Waals surface area contributed by atoms with Crippen LogP contribution in [0.3, 0.4) is 0 Å². The van der Waals surface area contributed by atoms with Crippen LogP contribution < -0.4 is 5.73 Å². The second-order valence-electron chi connectivity index (χ2n) is 4.26. The van der Waals surface area contributed by atoms with Crippen LogP contribution in [0.4, 0.5) is 0 Å². The first-order valence-electron chi connectivity index (χ1n) is 5.99. The SMILES string of the molecule is N#CN(CC(N)=O)C(=O)[CH]Cc1c[nH]c2ccccc12. The first-order chi connectivity index (χ1) is 9.61. The highest BCUT2D eigenvalue weighted by Crippen LogP contribution is 2.18. The summed E-state index contributed by atoms with van der Waals surface area (Å²) in [5.74, 6) is -1.25. The molecule has 6 heteroatoms. The molecule has 6 nitrogen and oxygen atoms in total. The average molecular weight is 269 g/mol. The molecule has 0 saturated carbocycles. The second kappa shape index (κ2) is 5.89. The molecule has 0 aliphatic rings. The molecule has 0 aliphatic carbocycles. The van der Waals surface area contributed by atoms with E-state index in [1.54, 1.807) is 6.19 Å². The number of aromatic nitrogens is 1. The number of carbonyl (C=O) groups is 2. The molecule has 0 spiro atoms. The standard InChI is InChI=1S/C14H13N4O2/c15-9-18(8-13(16)19)14(20)6-5-10-7-17-12-4-2-1-3-11(10)12/h1-4,6-7,17H,5,8H2,(H2,16,19). The molecule has 1 heterocycles. The molecule has 0 bridgehead atoms. The molecule has 3 N–H and O–H groups in total. The Bertz CT molecular complexity index is 684. The van der Waals surface area contributed by atoms with Gasteiger partial charge < -0.3 is 10.7 Å². The van der Waals surface area contributed by atoms with Gasteiger partial charge >= 0.3 is 0 Å². The summed E-state index contributed by atoms with van der Waals surface area (Å²) in [4.78, 5) is 26.3. The fourth-order valence-electron chi connectivity index (χ4n) is 1.93. The number of benzene rings is 1. The minimum absolute atomic E-state index is 0.375. The number of nitrogens with one attached hydrogen (secondary N) is 1. The molecule has 0 saturated heterocycles. The van der Waals surface area contributed by atoms with Crippen LogP contribution in [0.5, 0.6) is 0 Å². The lowest BCUT2D eigenvalue weighted by Gasteiger charge is -2.10. The van der Waals surface area contributed by atoms with Crippen molar-refractivity contribution in [3.63, 3.8) is 0 Å². The van der Waals surface area contributed by atoms with Gasteiger partial charge in [-0.1, -0.05) is 18.2 Å². The third-order valence-electron chi connectivity index (χ3n) is 2.87. The summed E-state index contributed by atoms with van der Waals surface area (Å²) in [5.41, 5.74) is 6.90. The van der Waals surface area contributed by atoms with Crippen molar-refractivity contribution in [2.45, 2.75) is 6.42 Å². The predicted octanol–water partition coefficient (Wildman–Crippen LogP) is 0.710. The van der Waals surface area contributed by atoms with Crippen molar-refractivity contribution in [1.29, 1.82) is 5.26 Å². The largest absolute Gasteiger partial charge is 0.368 e. The van der Waals surface area contributed by atoms with Crippen LogP contribution in [0.2, 0.25) is 0 Å². The summed E-state index contributed by atoms with van der Waals surface area (Å²) in [6.45, 7) is -0.403. The van der Waals surface area contributed by atoms with E-state index in [0.29, 0.717) is 6.42 Å². The van der Waals surface area contributed by atoms with E-state index < -0.39 is 18.4 Å². The highest BCUT2D eigenvalue weighted by atomic mass is 16.2. The van der Waals surface area contributed by atoms with Crippen molar-refractivity contribution in [3.8, 4) is 6.19 Å². The quantitative estimate of drug-likeness (QED) is 0.617. The van der Waals surface area contributed by atoms with Crippen LogP contribution in [0, 0.1) is 17.9 Å². The van der Waals surface area contributed by atoms with Crippen molar-refractivity contribution in [1.82, 2.24) is 9.88 Å². The number of H-pyrrole nitrogens is 1. The molecule has 20 heavy (non-hydrogen) atoms. The lowest BCUT2D eigenvalue weighted by atomic mass is 10.1. The van der Waals surface area contributed by atoms with Crippen LogP contribution in [0.25, 0.3) is 10.9 Å². The van der Waals surface area contributed by atoms with E-state index in [2.05, 4.69) is 4.98 Å². The van der Waals surface area contributed by atoms with Gasteiger partial charge in [-0.2, -0.15) is 5.26 Å². The van der Waals surface area contributed by atoms with Crippen molar-refractivity contribution in [2.75, 3.05) is 6.54 Å². The Morgan fingerprint density at radius 2 is 2.15 bits per heavy atom. The third kappa shape index (κ3) is 2.95. The van der Waals surface area contributed by atoms with Crippen molar-refractivity contribution in [3.05, 3.63) is 42.4 Å². The highest BCUT2D eigenvalue weighted by molar-refractivity contribution is 5.91. The zero-order chi connectivity index (χ0) is 14.5. The number of para-hydroxylation sites is 1. The van der Waals surface area contributed by atoms with Crippen LogP contribution in [-0.4, -0.2) is 28.2 Å². The Kier molecular flexibility index (Phi) is 4.01. The number of amides is 2. The zero-order valence-corrected chi connectivity index (χ0v) is 10.7. The fourth-order valence-corrected chi connectivity index (χ4v) is 1.93. The molecule has 0 aliphatic heterocycles. The summed E-state index contributed by atoms with van der Waals surface area (Å²) in [6.07, 6.45) is 5.20. The fraction of sp³-hybridized carbons (Fsp3) is 0.143. The Hall–Kier alpha value is -2.81. The second-order valence-corrected chi connectivity index (χ2v) is 4.26. The van der Waals surface area contributed by atoms with Crippen LogP contribution in [0.15, 0.2) is 30.5 Å². The number of primary amides is 1. The van der Waals surface area contributed by atoms with Crippen LogP contribution in [-0.2, 0) is 16.0 Å². The van der Waals surface area contributed by atoms with E-state index >= 15 is 0 Å². The number of nitrogens with zero attached hydrogens (tertiary/aromatic N) is 2.